The van der Waals surface area contributed by atoms with Crippen LogP contribution in [0.25, 0.3) is 5.69 Å². The molecule has 0 N–H and O–H groups in total. The van der Waals surface area contributed by atoms with Gasteiger partial charge in [0.25, 0.3) is 0 Å². The Hall–Kier alpha value is -2.40. The molecule has 3 aromatic rings. The smallest absolute Gasteiger partial charge is 0.326 e. The van der Waals surface area contributed by atoms with Crippen LogP contribution in [0.4, 0.5) is 5.69 Å². The fourth-order valence-electron chi connectivity index (χ4n) is 3.41. The second-order valence-electron chi connectivity index (χ2n) is 8.81. The molecule has 0 radical (unpaired) electrons. The van der Waals surface area contributed by atoms with Crippen molar-refractivity contribution in [3.63, 3.8) is 0 Å². The highest BCUT2D eigenvalue weighted by Crippen LogP contribution is 2.30. The SMILES string of the molecule is CC(C)(C)OC(=O)C(Cc1ccc(Cl)cc1)N1CON(c2cc(Cl)ccc2-n2cc(Cl)nn2)CO1. The average molecular weight is 541 g/mol. The Morgan fingerprint density at radius 3 is 2.34 bits per heavy atom. The molecule has 0 spiro atoms. The third-order valence-electron chi connectivity index (χ3n) is 4.97. The van der Waals surface area contributed by atoms with Crippen LogP contribution in [-0.2, 0) is 25.6 Å². The molecule has 9 nitrogen and oxygen atoms in total. The molecule has 2 aromatic carbocycles. The lowest BCUT2D eigenvalue weighted by Crippen LogP contribution is -2.52. The second-order valence-corrected chi connectivity index (χ2v) is 10.1. The summed E-state index contributed by atoms with van der Waals surface area (Å²) in [5.41, 5.74) is 1.46. The molecule has 186 valence electrons. The first kappa shape index (κ1) is 25.7. The Morgan fingerprint density at radius 1 is 1.03 bits per heavy atom. The van der Waals surface area contributed by atoms with Crippen molar-refractivity contribution in [1.29, 1.82) is 0 Å². The van der Waals surface area contributed by atoms with Crippen molar-refractivity contribution < 1.29 is 19.2 Å². The van der Waals surface area contributed by atoms with Crippen molar-refractivity contribution in [2.75, 3.05) is 18.5 Å². The highest BCUT2D eigenvalue weighted by Gasteiger charge is 2.35. The predicted octanol–water partition coefficient (Wildman–Crippen LogP) is 5.08. The summed E-state index contributed by atoms with van der Waals surface area (Å²) in [6, 6.07) is 11.7. The summed E-state index contributed by atoms with van der Waals surface area (Å²) in [5.74, 6) is -0.426. The van der Waals surface area contributed by atoms with Gasteiger partial charge in [0.2, 0.25) is 0 Å². The third kappa shape index (κ3) is 6.63. The molecule has 0 aliphatic carbocycles. The van der Waals surface area contributed by atoms with Crippen molar-refractivity contribution in [1.82, 2.24) is 20.1 Å². The molecule has 0 amide bonds. The first-order valence-corrected chi connectivity index (χ1v) is 11.9. The summed E-state index contributed by atoms with van der Waals surface area (Å²) in [4.78, 5) is 25.0. The number of aromatic nitrogens is 3. The molecule has 4 rings (SSSR count). The number of carbonyl (C=O) groups excluding carboxylic acids is 1. The average Bonchev–Trinajstić information content (AvgIpc) is 3.23. The molecule has 0 bridgehead atoms. The maximum atomic E-state index is 13.1. The van der Waals surface area contributed by atoms with Crippen molar-refractivity contribution >= 4 is 46.5 Å². The van der Waals surface area contributed by atoms with Crippen molar-refractivity contribution in [3.8, 4) is 5.69 Å². The van der Waals surface area contributed by atoms with Gasteiger partial charge in [-0.1, -0.05) is 52.1 Å². The van der Waals surface area contributed by atoms with Gasteiger partial charge in [-0.15, -0.1) is 10.2 Å². The van der Waals surface area contributed by atoms with Crippen LogP contribution in [0.3, 0.4) is 0 Å². The van der Waals surface area contributed by atoms with Crippen LogP contribution in [0.2, 0.25) is 15.2 Å². The topological polar surface area (TPSA) is 82.0 Å². The predicted molar refractivity (Wildman–Crippen MR) is 132 cm³/mol. The van der Waals surface area contributed by atoms with Gasteiger partial charge in [-0.05, 0) is 56.7 Å². The molecule has 1 unspecified atom stereocenters. The standard InChI is InChI=1S/C23H24Cl3N5O4/c1-23(2,3)35-22(32)20(10-15-4-6-16(24)7-5-15)31-14-33-30(13-34-31)19-11-17(25)8-9-18(19)29-12-21(26)27-28-29/h4-9,11-12,20H,10,13-14H2,1-3H3. The fraction of sp³-hybridized carbons (Fsp3) is 0.348. The number of rotatable bonds is 6. The first-order valence-electron chi connectivity index (χ1n) is 10.7. The van der Waals surface area contributed by atoms with Crippen molar-refractivity contribution in [2.45, 2.75) is 38.8 Å². The minimum absolute atomic E-state index is 0.0182. The quantitative estimate of drug-likeness (QED) is 0.400. The van der Waals surface area contributed by atoms with Gasteiger partial charge in [0.05, 0.1) is 17.6 Å². The Morgan fingerprint density at radius 2 is 1.74 bits per heavy atom. The van der Waals surface area contributed by atoms with Crippen LogP contribution < -0.4 is 5.06 Å². The molecule has 12 heteroatoms. The summed E-state index contributed by atoms with van der Waals surface area (Å²) in [5, 5.41) is 12.2. The highest BCUT2D eigenvalue weighted by atomic mass is 35.5. The Labute approximate surface area is 217 Å². The zero-order valence-electron chi connectivity index (χ0n) is 19.3. The van der Waals surface area contributed by atoms with E-state index in [1.165, 1.54) is 14.8 Å². The maximum absolute atomic E-state index is 13.1. The lowest BCUT2D eigenvalue weighted by atomic mass is 10.1. The second kappa shape index (κ2) is 10.7. The van der Waals surface area contributed by atoms with Gasteiger partial charge in [0, 0.05) is 16.5 Å². The Balaban J connectivity index is 1.53. The number of nitrogens with zero attached hydrogens (tertiary/aromatic N) is 5. The van der Waals surface area contributed by atoms with Crippen LogP contribution in [-0.4, -0.2) is 51.1 Å². The van der Waals surface area contributed by atoms with Crippen molar-refractivity contribution in [3.05, 3.63) is 69.4 Å². The lowest BCUT2D eigenvalue weighted by molar-refractivity contribution is -0.284. The number of hydrogen-bond acceptors (Lipinski definition) is 8. The molecule has 2 heterocycles. The van der Waals surface area contributed by atoms with Crippen LogP contribution >= 0.6 is 34.8 Å². The lowest BCUT2D eigenvalue weighted by Gasteiger charge is -2.38. The van der Waals surface area contributed by atoms with E-state index in [0.717, 1.165) is 5.56 Å². The van der Waals surface area contributed by atoms with Crippen LogP contribution in [0.5, 0.6) is 0 Å². The zero-order chi connectivity index (χ0) is 25.2. The van der Waals surface area contributed by atoms with Crippen LogP contribution in [0.1, 0.15) is 26.3 Å². The molecule has 1 fully saturated rings. The van der Waals surface area contributed by atoms with E-state index in [1.807, 2.05) is 32.9 Å². The first-order chi connectivity index (χ1) is 16.6. The van der Waals surface area contributed by atoms with Crippen LogP contribution in [0.15, 0.2) is 48.7 Å². The Bertz CT molecular complexity index is 1170. The normalized spacial score (nSPS) is 15.8. The number of hydrogen-bond donors (Lipinski definition) is 0. The minimum atomic E-state index is -0.745. The van der Waals surface area contributed by atoms with Gasteiger partial charge in [0.15, 0.2) is 18.6 Å². The van der Waals surface area contributed by atoms with Gasteiger partial charge < -0.3 is 4.74 Å². The van der Waals surface area contributed by atoms with Gasteiger partial charge in [0.1, 0.15) is 11.6 Å². The largest absolute Gasteiger partial charge is 0.459 e. The Kier molecular flexibility index (Phi) is 7.85. The van der Waals surface area contributed by atoms with E-state index in [4.69, 9.17) is 49.2 Å². The number of ether oxygens (including phenoxy) is 1. The summed E-state index contributed by atoms with van der Waals surface area (Å²) in [7, 11) is 0. The van der Waals surface area contributed by atoms with E-state index in [9.17, 15) is 4.79 Å². The summed E-state index contributed by atoms with van der Waals surface area (Å²) < 4.78 is 7.16. The van der Waals surface area contributed by atoms with E-state index >= 15 is 0 Å². The highest BCUT2D eigenvalue weighted by molar-refractivity contribution is 6.31. The van der Waals surface area contributed by atoms with Crippen LogP contribution in [0, 0.1) is 0 Å². The molecule has 1 aromatic heterocycles. The summed E-state index contributed by atoms with van der Waals surface area (Å²) in [6.07, 6.45) is 1.91. The molecule has 1 saturated heterocycles. The molecule has 1 atom stereocenters. The number of carbonyl (C=O) groups is 1. The molecule has 1 aliphatic heterocycles. The van der Waals surface area contributed by atoms with E-state index in [-0.39, 0.29) is 18.6 Å². The molecular weight excluding hydrogens is 517 g/mol. The monoisotopic (exact) mass is 539 g/mol. The molecule has 0 saturated carbocycles. The zero-order valence-corrected chi connectivity index (χ0v) is 21.6. The summed E-state index contributed by atoms with van der Waals surface area (Å²) in [6.45, 7) is 5.39. The number of anilines is 1. The van der Waals surface area contributed by atoms with Crippen molar-refractivity contribution in [2.24, 2.45) is 0 Å². The molecule has 35 heavy (non-hydrogen) atoms. The van der Waals surface area contributed by atoms with E-state index < -0.39 is 17.6 Å². The number of benzene rings is 2. The van der Waals surface area contributed by atoms with E-state index in [2.05, 4.69) is 10.3 Å². The summed E-state index contributed by atoms with van der Waals surface area (Å²) >= 11 is 18.2. The van der Waals surface area contributed by atoms with Gasteiger partial charge in [-0.3, -0.25) is 14.5 Å². The van der Waals surface area contributed by atoms with E-state index in [1.54, 1.807) is 36.5 Å². The minimum Gasteiger partial charge on any atom is -0.459 e. The molecule has 1 aliphatic rings. The fourth-order valence-corrected chi connectivity index (χ4v) is 3.83. The number of hydroxylamine groups is 3. The number of halogens is 3. The number of esters is 1. The van der Waals surface area contributed by atoms with Gasteiger partial charge >= 0.3 is 5.97 Å². The van der Waals surface area contributed by atoms with Gasteiger partial charge in [-0.25, -0.2) is 9.75 Å². The van der Waals surface area contributed by atoms with E-state index in [0.29, 0.717) is 27.8 Å². The third-order valence-corrected chi connectivity index (χ3v) is 5.63. The van der Waals surface area contributed by atoms with Gasteiger partial charge in [-0.2, -0.15) is 0 Å². The maximum Gasteiger partial charge on any atom is 0.326 e. The molecular formula is C23H24Cl3N5O4.